The summed E-state index contributed by atoms with van der Waals surface area (Å²) >= 11 is 0. The lowest BCUT2D eigenvalue weighted by atomic mass is 10.2. The summed E-state index contributed by atoms with van der Waals surface area (Å²) in [5.74, 6) is 0.876. The van der Waals surface area contributed by atoms with Crippen LogP contribution in [0.4, 0.5) is 0 Å². The average molecular weight is 299 g/mol. The molecule has 6 nitrogen and oxygen atoms in total. The third-order valence-corrected chi connectivity index (χ3v) is 2.81. The fraction of sp³-hybridized carbons (Fsp3) is 0.188. The molecule has 0 radical (unpaired) electrons. The highest BCUT2D eigenvalue weighted by atomic mass is 16.5. The lowest BCUT2D eigenvalue weighted by Crippen LogP contribution is -2.17. The lowest BCUT2D eigenvalue weighted by Gasteiger charge is -2.11. The average Bonchev–Trinajstić information content (AvgIpc) is 2.57. The standard InChI is InChI=1S/C16H17N3O3/c1-3-22-15-12(6-4-8-14(15)21-2)11-18-19-16(20)13-7-5-9-17-10-13/h4-11H,3H2,1-2H3,(H,19,20)/b18-11+. The number of aromatic nitrogens is 1. The maximum atomic E-state index is 11.8. The Morgan fingerprint density at radius 1 is 1.36 bits per heavy atom. The minimum Gasteiger partial charge on any atom is -0.493 e. The van der Waals surface area contributed by atoms with Gasteiger partial charge in [-0.1, -0.05) is 6.07 Å². The molecule has 22 heavy (non-hydrogen) atoms. The van der Waals surface area contributed by atoms with Crippen LogP contribution in [-0.4, -0.2) is 30.8 Å². The number of hydrazone groups is 1. The Hall–Kier alpha value is -2.89. The number of methoxy groups -OCH3 is 1. The summed E-state index contributed by atoms with van der Waals surface area (Å²) in [5, 5.41) is 3.95. The smallest absolute Gasteiger partial charge is 0.272 e. The molecule has 1 aromatic heterocycles. The zero-order chi connectivity index (χ0) is 15.8. The first kappa shape index (κ1) is 15.5. The summed E-state index contributed by atoms with van der Waals surface area (Å²) in [6.07, 6.45) is 4.59. The zero-order valence-corrected chi connectivity index (χ0v) is 12.4. The van der Waals surface area contributed by atoms with E-state index in [-0.39, 0.29) is 5.91 Å². The van der Waals surface area contributed by atoms with Crippen LogP contribution in [0.1, 0.15) is 22.8 Å². The summed E-state index contributed by atoms with van der Waals surface area (Å²) < 4.78 is 10.8. The number of amides is 1. The van der Waals surface area contributed by atoms with Crippen molar-refractivity contribution in [2.24, 2.45) is 5.10 Å². The second-order valence-electron chi connectivity index (χ2n) is 4.25. The molecule has 0 aliphatic carbocycles. The number of rotatable bonds is 6. The summed E-state index contributed by atoms with van der Waals surface area (Å²) in [7, 11) is 1.57. The van der Waals surface area contributed by atoms with Crippen LogP contribution < -0.4 is 14.9 Å². The van der Waals surface area contributed by atoms with Crippen molar-refractivity contribution in [3.8, 4) is 11.5 Å². The molecule has 0 spiro atoms. The summed E-state index contributed by atoms with van der Waals surface area (Å²) in [5.41, 5.74) is 3.60. The highest BCUT2D eigenvalue weighted by molar-refractivity contribution is 5.94. The summed E-state index contributed by atoms with van der Waals surface area (Å²) in [6.45, 7) is 2.39. The van der Waals surface area contributed by atoms with Crippen LogP contribution in [0.25, 0.3) is 0 Å². The molecular formula is C16H17N3O3. The maximum absolute atomic E-state index is 11.8. The van der Waals surface area contributed by atoms with E-state index in [1.807, 2.05) is 19.1 Å². The minimum absolute atomic E-state index is 0.329. The number of ether oxygens (including phenoxy) is 2. The molecule has 0 aliphatic heterocycles. The number of pyridine rings is 1. The molecule has 0 bridgehead atoms. The number of nitrogens with zero attached hydrogens (tertiary/aromatic N) is 2. The molecular weight excluding hydrogens is 282 g/mol. The van der Waals surface area contributed by atoms with Crippen molar-refractivity contribution in [1.29, 1.82) is 0 Å². The Bertz CT molecular complexity index is 657. The Kier molecular flexibility index (Phi) is 5.48. The number of nitrogens with one attached hydrogen (secondary N) is 1. The SMILES string of the molecule is CCOc1c(/C=N/NC(=O)c2cccnc2)cccc1OC. The van der Waals surface area contributed by atoms with Gasteiger partial charge in [0.2, 0.25) is 0 Å². The molecule has 1 heterocycles. The van der Waals surface area contributed by atoms with Gasteiger partial charge in [0, 0.05) is 18.0 Å². The van der Waals surface area contributed by atoms with E-state index in [0.717, 1.165) is 0 Å². The molecule has 0 atom stereocenters. The van der Waals surface area contributed by atoms with Gasteiger partial charge in [-0.05, 0) is 31.2 Å². The third kappa shape index (κ3) is 3.82. The van der Waals surface area contributed by atoms with Crippen molar-refractivity contribution >= 4 is 12.1 Å². The Balaban J connectivity index is 2.11. The van der Waals surface area contributed by atoms with Crippen LogP contribution in [0.15, 0.2) is 47.8 Å². The number of benzene rings is 1. The normalized spacial score (nSPS) is 10.5. The minimum atomic E-state index is -0.329. The number of carbonyl (C=O) groups is 1. The van der Waals surface area contributed by atoms with Gasteiger partial charge in [0.05, 0.1) is 25.5 Å². The lowest BCUT2D eigenvalue weighted by molar-refractivity contribution is 0.0954. The second-order valence-corrected chi connectivity index (χ2v) is 4.25. The van der Waals surface area contributed by atoms with Crippen LogP contribution in [0.2, 0.25) is 0 Å². The first-order valence-corrected chi connectivity index (χ1v) is 6.79. The van der Waals surface area contributed by atoms with E-state index < -0.39 is 0 Å². The second kappa shape index (κ2) is 7.78. The van der Waals surface area contributed by atoms with Gasteiger partial charge >= 0.3 is 0 Å². The van der Waals surface area contributed by atoms with E-state index >= 15 is 0 Å². The van der Waals surface area contributed by atoms with Crippen molar-refractivity contribution in [3.63, 3.8) is 0 Å². The van der Waals surface area contributed by atoms with E-state index in [1.54, 1.807) is 31.5 Å². The number of para-hydroxylation sites is 1. The summed E-state index contributed by atoms with van der Waals surface area (Å²) in [4.78, 5) is 15.7. The van der Waals surface area contributed by atoms with Crippen molar-refractivity contribution in [2.75, 3.05) is 13.7 Å². The highest BCUT2D eigenvalue weighted by Crippen LogP contribution is 2.29. The van der Waals surface area contributed by atoms with Gasteiger partial charge in [-0.25, -0.2) is 5.43 Å². The first-order valence-electron chi connectivity index (χ1n) is 6.79. The molecule has 1 amide bonds. The molecule has 1 N–H and O–H groups in total. The van der Waals surface area contributed by atoms with Crippen molar-refractivity contribution < 1.29 is 14.3 Å². The van der Waals surface area contributed by atoms with Crippen LogP contribution in [0.3, 0.4) is 0 Å². The monoisotopic (exact) mass is 299 g/mol. The van der Waals surface area contributed by atoms with Crippen molar-refractivity contribution in [2.45, 2.75) is 6.92 Å². The fourth-order valence-electron chi connectivity index (χ4n) is 1.82. The molecule has 0 saturated carbocycles. The van der Waals surface area contributed by atoms with E-state index in [0.29, 0.717) is 29.2 Å². The van der Waals surface area contributed by atoms with Gasteiger partial charge in [0.25, 0.3) is 5.91 Å². The van der Waals surface area contributed by atoms with Crippen molar-refractivity contribution in [1.82, 2.24) is 10.4 Å². The van der Waals surface area contributed by atoms with Crippen LogP contribution in [-0.2, 0) is 0 Å². The first-order chi connectivity index (χ1) is 10.8. The van der Waals surface area contributed by atoms with Gasteiger partial charge in [0.1, 0.15) is 0 Å². The van der Waals surface area contributed by atoms with Gasteiger partial charge in [-0.2, -0.15) is 5.10 Å². The van der Waals surface area contributed by atoms with E-state index in [2.05, 4.69) is 15.5 Å². The van der Waals surface area contributed by atoms with Gasteiger partial charge in [-0.3, -0.25) is 9.78 Å². The van der Waals surface area contributed by atoms with Crippen LogP contribution >= 0.6 is 0 Å². The predicted octanol–water partition coefficient (Wildman–Crippen LogP) is 2.25. The maximum Gasteiger partial charge on any atom is 0.272 e. The highest BCUT2D eigenvalue weighted by Gasteiger charge is 2.08. The molecule has 2 aromatic rings. The zero-order valence-electron chi connectivity index (χ0n) is 12.4. The molecule has 0 aliphatic rings. The predicted molar refractivity (Wildman–Crippen MR) is 83.5 cm³/mol. The van der Waals surface area contributed by atoms with Gasteiger partial charge in [-0.15, -0.1) is 0 Å². The molecule has 2 rings (SSSR count). The molecule has 0 unspecified atom stereocenters. The topological polar surface area (TPSA) is 72.8 Å². The fourth-order valence-corrected chi connectivity index (χ4v) is 1.82. The largest absolute Gasteiger partial charge is 0.493 e. The number of hydrogen-bond acceptors (Lipinski definition) is 5. The quantitative estimate of drug-likeness (QED) is 0.656. The van der Waals surface area contributed by atoms with Gasteiger partial charge < -0.3 is 9.47 Å². The third-order valence-electron chi connectivity index (χ3n) is 2.81. The van der Waals surface area contributed by atoms with E-state index in [4.69, 9.17) is 9.47 Å². The van der Waals surface area contributed by atoms with E-state index in [1.165, 1.54) is 12.4 Å². The molecule has 114 valence electrons. The van der Waals surface area contributed by atoms with Crippen LogP contribution in [0, 0.1) is 0 Å². The van der Waals surface area contributed by atoms with Crippen molar-refractivity contribution in [3.05, 3.63) is 53.9 Å². The summed E-state index contributed by atoms with van der Waals surface area (Å²) in [6, 6.07) is 8.80. The number of hydrogen-bond donors (Lipinski definition) is 1. The number of carbonyl (C=O) groups excluding carboxylic acids is 1. The Morgan fingerprint density at radius 3 is 2.91 bits per heavy atom. The molecule has 6 heteroatoms. The molecule has 0 saturated heterocycles. The Morgan fingerprint density at radius 2 is 2.23 bits per heavy atom. The molecule has 0 fully saturated rings. The Labute approximate surface area is 128 Å². The molecule has 1 aromatic carbocycles. The van der Waals surface area contributed by atoms with Gasteiger partial charge in [0.15, 0.2) is 11.5 Å². The van der Waals surface area contributed by atoms with E-state index in [9.17, 15) is 4.79 Å². The van der Waals surface area contributed by atoms with Crippen LogP contribution in [0.5, 0.6) is 11.5 Å².